The highest BCUT2D eigenvalue weighted by Crippen LogP contribution is 2.13. The molecular formula is C8H16N4O2. The molecule has 6 heteroatoms. The predicted octanol–water partition coefficient (Wildman–Crippen LogP) is -0.819. The van der Waals surface area contributed by atoms with Crippen LogP contribution < -0.4 is 11.5 Å². The summed E-state index contributed by atoms with van der Waals surface area (Å²) < 4.78 is 1.54. The van der Waals surface area contributed by atoms with Gasteiger partial charge in [-0.05, 0) is 12.8 Å². The van der Waals surface area contributed by atoms with E-state index in [-0.39, 0.29) is 6.61 Å². The molecule has 1 unspecified atom stereocenters. The van der Waals surface area contributed by atoms with Crippen LogP contribution in [0.5, 0.6) is 0 Å². The zero-order valence-corrected chi connectivity index (χ0v) is 7.93. The minimum Gasteiger partial charge on any atom is -0.396 e. The molecule has 0 fully saturated rings. The van der Waals surface area contributed by atoms with Gasteiger partial charge in [-0.2, -0.15) is 5.10 Å². The Hall–Kier alpha value is -1.27. The van der Waals surface area contributed by atoms with Gasteiger partial charge in [0, 0.05) is 13.2 Å². The highest BCUT2D eigenvalue weighted by atomic mass is 16.3. The van der Waals surface area contributed by atoms with E-state index in [4.69, 9.17) is 16.6 Å². The molecule has 1 aromatic heterocycles. The van der Waals surface area contributed by atoms with E-state index in [0.29, 0.717) is 30.9 Å². The molecule has 80 valence electrons. The van der Waals surface area contributed by atoms with Crippen LogP contribution in [0.2, 0.25) is 0 Å². The number of aromatic nitrogens is 2. The number of nitrogens with two attached hydrogens (primary N) is 2. The van der Waals surface area contributed by atoms with Crippen molar-refractivity contribution in [3.05, 3.63) is 6.20 Å². The van der Waals surface area contributed by atoms with Crippen molar-refractivity contribution in [3.63, 3.8) is 0 Å². The molecule has 0 bridgehead atoms. The van der Waals surface area contributed by atoms with Crippen molar-refractivity contribution in [3.8, 4) is 0 Å². The molecule has 1 aromatic rings. The fourth-order valence-electron chi connectivity index (χ4n) is 1.15. The third kappa shape index (κ3) is 2.61. The maximum atomic E-state index is 9.34. The molecule has 1 atom stereocenters. The van der Waals surface area contributed by atoms with Gasteiger partial charge in [-0.1, -0.05) is 0 Å². The smallest absolute Gasteiger partial charge is 0.145 e. The molecule has 0 aliphatic carbocycles. The first-order chi connectivity index (χ1) is 6.65. The van der Waals surface area contributed by atoms with E-state index in [1.165, 1.54) is 10.9 Å². The third-order valence-corrected chi connectivity index (χ3v) is 2.05. The second kappa shape index (κ2) is 4.83. The van der Waals surface area contributed by atoms with Crippen LogP contribution in [-0.2, 0) is 6.54 Å². The summed E-state index contributed by atoms with van der Waals surface area (Å²) in [5, 5.41) is 21.8. The zero-order valence-electron chi connectivity index (χ0n) is 7.93. The normalized spacial score (nSPS) is 13.0. The van der Waals surface area contributed by atoms with E-state index < -0.39 is 6.10 Å². The van der Waals surface area contributed by atoms with Crippen molar-refractivity contribution >= 4 is 11.5 Å². The number of hydrogen-bond acceptors (Lipinski definition) is 5. The van der Waals surface area contributed by atoms with Crippen LogP contribution in [0.3, 0.4) is 0 Å². The minimum absolute atomic E-state index is 0.0160. The van der Waals surface area contributed by atoms with Crippen LogP contribution >= 0.6 is 0 Å². The van der Waals surface area contributed by atoms with E-state index in [0.717, 1.165) is 0 Å². The summed E-state index contributed by atoms with van der Waals surface area (Å²) in [4.78, 5) is 0. The molecule has 6 N–H and O–H groups in total. The molecule has 0 aliphatic heterocycles. The van der Waals surface area contributed by atoms with Crippen LogP contribution in [0.1, 0.15) is 12.8 Å². The Balaban J connectivity index is 2.41. The fourth-order valence-corrected chi connectivity index (χ4v) is 1.15. The molecule has 6 nitrogen and oxygen atoms in total. The van der Waals surface area contributed by atoms with Crippen LogP contribution in [0.4, 0.5) is 11.5 Å². The van der Waals surface area contributed by atoms with Crippen molar-refractivity contribution in [2.45, 2.75) is 25.5 Å². The van der Waals surface area contributed by atoms with E-state index in [1.807, 2.05) is 0 Å². The number of anilines is 2. The third-order valence-electron chi connectivity index (χ3n) is 2.05. The molecule has 14 heavy (non-hydrogen) atoms. The van der Waals surface area contributed by atoms with Gasteiger partial charge in [0.15, 0.2) is 0 Å². The lowest BCUT2D eigenvalue weighted by Gasteiger charge is -2.09. The van der Waals surface area contributed by atoms with Gasteiger partial charge in [-0.15, -0.1) is 0 Å². The highest BCUT2D eigenvalue weighted by molar-refractivity contribution is 5.56. The van der Waals surface area contributed by atoms with E-state index >= 15 is 0 Å². The number of nitrogen functional groups attached to an aromatic ring is 2. The van der Waals surface area contributed by atoms with Crippen LogP contribution in [-0.4, -0.2) is 32.7 Å². The maximum Gasteiger partial charge on any atom is 0.145 e. The van der Waals surface area contributed by atoms with E-state index in [1.54, 1.807) is 0 Å². The molecule has 0 aliphatic rings. The predicted molar refractivity (Wildman–Crippen MR) is 53.4 cm³/mol. The van der Waals surface area contributed by atoms with Crippen LogP contribution in [0.25, 0.3) is 0 Å². The summed E-state index contributed by atoms with van der Waals surface area (Å²) >= 11 is 0. The molecule has 0 radical (unpaired) electrons. The van der Waals surface area contributed by atoms with Gasteiger partial charge < -0.3 is 21.7 Å². The number of hydrogen-bond donors (Lipinski definition) is 4. The zero-order chi connectivity index (χ0) is 10.6. The van der Waals surface area contributed by atoms with E-state index in [9.17, 15) is 5.11 Å². The Morgan fingerprint density at radius 2 is 2.14 bits per heavy atom. The van der Waals surface area contributed by atoms with Gasteiger partial charge in [0.05, 0.1) is 18.0 Å². The second-order valence-corrected chi connectivity index (χ2v) is 3.16. The summed E-state index contributed by atoms with van der Waals surface area (Å²) in [6.07, 6.45) is 1.83. The first kappa shape index (κ1) is 10.8. The molecular weight excluding hydrogens is 184 g/mol. The standard InChI is InChI=1S/C8H16N4O2/c9-7-5-11-12(8(7)10)3-1-6(14)2-4-13/h5-6,13-14H,1-4,9-10H2. The number of nitrogens with zero attached hydrogens (tertiary/aromatic N) is 2. The fraction of sp³-hybridized carbons (Fsp3) is 0.625. The van der Waals surface area contributed by atoms with Crippen molar-refractivity contribution < 1.29 is 10.2 Å². The average Bonchev–Trinajstić information content (AvgIpc) is 2.46. The molecule has 0 aromatic carbocycles. The highest BCUT2D eigenvalue weighted by Gasteiger charge is 2.07. The minimum atomic E-state index is -0.523. The summed E-state index contributed by atoms with van der Waals surface area (Å²) in [6, 6.07) is 0. The van der Waals surface area contributed by atoms with Crippen LogP contribution in [0.15, 0.2) is 6.20 Å². The monoisotopic (exact) mass is 200 g/mol. The molecule has 1 heterocycles. The maximum absolute atomic E-state index is 9.34. The Morgan fingerprint density at radius 3 is 2.64 bits per heavy atom. The van der Waals surface area contributed by atoms with Crippen molar-refractivity contribution in [1.29, 1.82) is 0 Å². The van der Waals surface area contributed by atoms with Crippen LogP contribution in [0, 0.1) is 0 Å². The van der Waals surface area contributed by atoms with Gasteiger partial charge in [0.25, 0.3) is 0 Å². The van der Waals surface area contributed by atoms with Gasteiger partial charge in [0.1, 0.15) is 5.82 Å². The molecule has 1 rings (SSSR count). The molecule has 0 spiro atoms. The summed E-state index contributed by atoms with van der Waals surface area (Å²) in [5.74, 6) is 0.418. The SMILES string of the molecule is Nc1cnn(CCC(O)CCO)c1N. The lowest BCUT2D eigenvalue weighted by molar-refractivity contribution is 0.120. The largest absolute Gasteiger partial charge is 0.396 e. The number of rotatable bonds is 5. The van der Waals surface area contributed by atoms with Gasteiger partial charge in [-0.3, -0.25) is 0 Å². The summed E-state index contributed by atoms with van der Waals surface area (Å²) in [6.45, 7) is 0.488. The van der Waals surface area contributed by atoms with Gasteiger partial charge in [-0.25, -0.2) is 4.68 Å². The molecule has 0 saturated heterocycles. The Kier molecular flexibility index (Phi) is 3.73. The summed E-state index contributed by atoms with van der Waals surface area (Å²) in [7, 11) is 0. The Bertz CT molecular complexity index is 287. The van der Waals surface area contributed by atoms with Crippen molar-refractivity contribution in [2.24, 2.45) is 0 Å². The van der Waals surface area contributed by atoms with Gasteiger partial charge in [0.2, 0.25) is 0 Å². The average molecular weight is 200 g/mol. The number of aryl methyl sites for hydroxylation is 1. The summed E-state index contributed by atoms with van der Waals surface area (Å²) in [5.41, 5.74) is 11.5. The first-order valence-corrected chi connectivity index (χ1v) is 4.50. The topological polar surface area (TPSA) is 110 Å². The van der Waals surface area contributed by atoms with E-state index in [2.05, 4.69) is 5.10 Å². The quantitative estimate of drug-likeness (QED) is 0.496. The number of aliphatic hydroxyl groups is 2. The lowest BCUT2D eigenvalue weighted by Crippen LogP contribution is -2.14. The molecule has 0 saturated carbocycles. The van der Waals surface area contributed by atoms with Gasteiger partial charge >= 0.3 is 0 Å². The number of aliphatic hydroxyl groups excluding tert-OH is 2. The van der Waals surface area contributed by atoms with Crippen molar-refractivity contribution in [1.82, 2.24) is 9.78 Å². The Labute approximate surface area is 82.1 Å². The molecule has 0 amide bonds. The van der Waals surface area contributed by atoms with Crippen molar-refractivity contribution in [2.75, 3.05) is 18.1 Å². The first-order valence-electron chi connectivity index (χ1n) is 4.50. The lowest BCUT2D eigenvalue weighted by atomic mass is 10.2. The second-order valence-electron chi connectivity index (χ2n) is 3.16. The Morgan fingerprint density at radius 1 is 1.43 bits per heavy atom.